The Bertz CT molecular complexity index is 1550. The van der Waals surface area contributed by atoms with Gasteiger partial charge in [-0.15, -0.1) is 0 Å². The maximum absolute atomic E-state index is 13.6. The van der Waals surface area contributed by atoms with E-state index >= 15 is 0 Å². The molecule has 13 heteroatoms. The van der Waals surface area contributed by atoms with Gasteiger partial charge in [0.25, 0.3) is 0 Å². The number of rotatable bonds is 8. The normalized spacial score (nSPS) is 19.9. The molecule has 0 radical (unpaired) electrons. The fourth-order valence-electron chi connectivity index (χ4n) is 6.32. The third-order valence-electron chi connectivity index (χ3n) is 8.64. The lowest BCUT2D eigenvalue weighted by atomic mass is 9.95. The van der Waals surface area contributed by atoms with Gasteiger partial charge in [-0.25, -0.2) is 8.42 Å². The Hall–Kier alpha value is -3.44. The molecule has 2 saturated heterocycles. The van der Waals surface area contributed by atoms with Gasteiger partial charge in [0.2, 0.25) is 16.0 Å². The molecule has 12 nitrogen and oxygen atoms in total. The van der Waals surface area contributed by atoms with Gasteiger partial charge in [-0.3, -0.25) is 4.90 Å². The number of methoxy groups -OCH3 is 1. The number of anilines is 3. The minimum atomic E-state index is -3.69. The topological polar surface area (TPSA) is 148 Å². The molecule has 3 N–H and O–H groups in total. The predicted molar refractivity (Wildman–Crippen MR) is 160 cm³/mol. The van der Waals surface area contributed by atoms with Gasteiger partial charge in [-0.05, 0) is 37.8 Å². The Balaban J connectivity index is 1.21. The van der Waals surface area contributed by atoms with Crippen LogP contribution < -0.4 is 15.4 Å². The Labute approximate surface area is 246 Å². The minimum Gasteiger partial charge on any atom is -0.495 e. The summed E-state index contributed by atoms with van der Waals surface area (Å²) < 4.78 is 39.8. The zero-order valence-electron chi connectivity index (χ0n) is 23.9. The van der Waals surface area contributed by atoms with Crippen LogP contribution in [0.5, 0.6) is 5.75 Å². The van der Waals surface area contributed by atoms with Gasteiger partial charge in [0, 0.05) is 50.5 Å². The molecule has 1 aliphatic carbocycles. The molecule has 0 spiro atoms. The summed E-state index contributed by atoms with van der Waals surface area (Å²) in [4.78, 5) is 15.0. The molecule has 4 heterocycles. The van der Waals surface area contributed by atoms with Crippen molar-refractivity contribution in [1.29, 1.82) is 5.26 Å². The summed E-state index contributed by atoms with van der Waals surface area (Å²) in [5, 5.41) is 17.1. The number of nitrogens with one attached hydrogen (secondary N) is 3. The number of sulfonamides is 1. The van der Waals surface area contributed by atoms with Crippen molar-refractivity contribution in [1.82, 2.24) is 24.2 Å². The van der Waals surface area contributed by atoms with Crippen LogP contribution in [0.1, 0.15) is 50.5 Å². The number of nitrogens with zero attached hydrogens (tertiary/aromatic N) is 5. The second-order valence-corrected chi connectivity index (χ2v) is 13.1. The number of piperidine rings is 1. The number of fused-ring (bicyclic) bond motifs is 1. The smallest absolute Gasteiger partial charge is 0.243 e. The number of hydrogen-bond donors (Lipinski definition) is 3. The zero-order chi connectivity index (χ0) is 29.1. The molecular weight excluding hydrogens is 556 g/mol. The van der Waals surface area contributed by atoms with Gasteiger partial charge >= 0.3 is 0 Å². The molecule has 2 aliphatic heterocycles. The molecule has 0 atom stereocenters. The summed E-state index contributed by atoms with van der Waals surface area (Å²) in [6.07, 6.45) is 8.90. The second kappa shape index (κ2) is 12.4. The number of hydrogen-bond acceptors (Lipinski definition) is 10. The van der Waals surface area contributed by atoms with E-state index in [-0.39, 0.29) is 10.9 Å². The first-order chi connectivity index (χ1) is 20.5. The number of morpholine rings is 1. The number of nitriles is 1. The van der Waals surface area contributed by atoms with Crippen molar-refractivity contribution in [3.63, 3.8) is 0 Å². The van der Waals surface area contributed by atoms with Crippen LogP contribution in [0.25, 0.3) is 11.0 Å². The van der Waals surface area contributed by atoms with E-state index in [1.807, 2.05) is 0 Å². The van der Waals surface area contributed by atoms with E-state index in [1.165, 1.54) is 13.5 Å². The predicted octanol–water partition coefficient (Wildman–Crippen LogP) is 3.81. The average Bonchev–Trinajstić information content (AvgIpc) is 3.45. The van der Waals surface area contributed by atoms with Crippen LogP contribution in [0.3, 0.4) is 0 Å². The molecule has 0 amide bonds. The third-order valence-corrected chi connectivity index (χ3v) is 10.5. The van der Waals surface area contributed by atoms with E-state index in [0.29, 0.717) is 58.9 Å². The Morgan fingerprint density at radius 3 is 2.55 bits per heavy atom. The van der Waals surface area contributed by atoms with Crippen LogP contribution in [0.15, 0.2) is 29.3 Å². The second-order valence-electron chi connectivity index (χ2n) is 11.2. The molecule has 3 fully saturated rings. The maximum Gasteiger partial charge on any atom is 0.243 e. The third kappa shape index (κ3) is 5.89. The summed E-state index contributed by atoms with van der Waals surface area (Å²) in [5.74, 6) is 1.28. The van der Waals surface area contributed by atoms with Crippen LogP contribution in [-0.4, -0.2) is 91.2 Å². The first-order valence-electron chi connectivity index (χ1n) is 14.8. The Morgan fingerprint density at radius 1 is 1.07 bits per heavy atom. The van der Waals surface area contributed by atoms with E-state index < -0.39 is 10.0 Å². The summed E-state index contributed by atoms with van der Waals surface area (Å²) in [7, 11) is -2.18. The molecule has 0 unspecified atom stereocenters. The first-order valence-corrected chi connectivity index (χ1v) is 16.2. The first kappa shape index (κ1) is 28.7. The lowest BCUT2D eigenvalue weighted by molar-refractivity contribution is 0.00610. The van der Waals surface area contributed by atoms with Crippen molar-refractivity contribution >= 4 is 38.5 Å². The fourth-order valence-corrected chi connectivity index (χ4v) is 7.80. The number of aromatic nitrogens is 3. The van der Waals surface area contributed by atoms with Crippen molar-refractivity contribution in [2.24, 2.45) is 0 Å². The highest BCUT2D eigenvalue weighted by Crippen LogP contribution is 2.34. The Morgan fingerprint density at radius 2 is 1.83 bits per heavy atom. The van der Waals surface area contributed by atoms with E-state index in [4.69, 9.17) is 14.5 Å². The zero-order valence-corrected chi connectivity index (χ0v) is 24.8. The molecule has 42 heavy (non-hydrogen) atoms. The summed E-state index contributed by atoms with van der Waals surface area (Å²) >= 11 is 0. The highest BCUT2D eigenvalue weighted by molar-refractivity contribution is 7.89. The van der Waals surface area contributed by atoms with Gasteiger partial charge < -0.3 is 25.1 Å². The van der Waals surface area contributed by atoms with Crippen molar-refractivity contribution in [2.75, 3.05) is 57.1 Å². The molecule has 2 aromatic heterocycles. The number of aromatic amines is 1. The van der Waals surface area contributed by atoms with Gasteiger partial charge in [0.1, 0.15) is 23.3 Å². The highest BCUT2D eigenvalue weighted by atomic mass is 32.2. The number of benzene rings is 1. The van der Waals surface area contributed by atoms with Crippen molar-refractivity contribution in [3.05, 3.63) is 30.0 Å². The monoisotopic (exact) mass is 594 g/mol. The van der Waals surface area contributed by atoms with Gasteiger partial charge in [0.15, 0.2) is 0 Å². The van der Waals surface area contributed by atoms with Crippen molar-refractivity contribution < 1.29 is 17.9 Å². The molecule has 0 bridgehead atoms. The van der Waals surface area contributed by atoms with E-state index in [9.17, 15) is 13.7 Å². The van der Waals surface area contributed by atoms with Crippen LogP contribution in [0, 0.1) is 11.3 Å². The SMILES string of the molecule is COc1cc(S(=O)(=O)N2CCC(N3CCOCC3)CC2)ccc1Nc1nc(NC2CCCCC2)c2c(C#N)c[nH]c2n1. The lowest BCUT2D eigenvalue weighted by Gasteiger charge is -2.39. The van der Waals surface area contributed by atoms with Gasteiger partial charge in [-0.2, -0.15) is 19.5 Å². The van der Waals surface area contributed by atoms with Crippen molar-refractivity contribution in [3.8, 4) is 11.8 Å². The van der Waals surface area contributed by atoms with Crippen LogP contribution in [-0.2, 0) is 14.8 Å². The van der Waals surface area contributed by atoms with E-state index in [2.05, 4.69) is 31.6 Å². The van der Waals surface area contributed by atoms with E-state index in [0.717, 1.165) is 64.8 Å². The highest BCUT2D eigenvalue weighted by Gasteiger charge is 2.32. The molecule has 6 rings (SSSR count). The lowest BCUT2D eigenvalue weighted by Crippen LogP contribution is -2.50. The van der Waals surface area contributed by atoms with Crippen LogP contribution >= 0.6 is 0 Å². The molecule has 1 aromatic carbocycles. The standard InChI is InChI=1S/C29H38N8O4S/c1-40-25-17-23(42(38,39)37-11-9-22(10-12-37)36-13-15-41-16-14-36)7-8-24(25)33-29-34-27-26(20(18-30)19-31-27)28(35-29)32-21-5-3-2-4-6-21/h7-8,17,19,21-22H,2-6,9-16H2,1H3,(H3,31,32,33,34,35). The van der Waals surface area contributed by atoms with Crippen LogP contribution in [0.2, 0.25) is 0 Å². The average molecular weight is 595 g/mol. The maximum atomic E-state index is 13.6. The molecular formula is C29H38N8O4S. The fraction of sp³-hybridized carbons (Fsp3) is 0.552. The Kier molecular flexibility index (Phi) is 8.48. The summed E-state index contributed by atoms with van der Waals surface area (Å²) in [6.45, 7) is 4.25. The van der Waals surface area contributed by atoms with Crippen LogP contribution in [0.4, 0.5) is 17.5 Å². The number of ether oxygens (including phenoxy) is 2. The summed E-state index contributed by atoms with van der Waals surface area (Å²) in [5.41, 5.74) is 1.56. The minimum absolute atomic E-state index is 0.189. The largest absolute Gasteiger partial charge is 0.495 e. The number of H-pyrrole nitrogens is 1. The van der Waals surface area contributed by atoms with Gasteiger partial charge in [0.05, 0.1) is 41.9 Å². The molecule has 3 aliphatic rings. The molecule has 224 valence electrons. The summed E-state index contributed by atoms with van der Waals surface area (Å²) in [6, 6.07) is 7.72. The van der Waals surface area contributed by atoms with Gasteiger partial charge in [-0.1, -0.05) is 19.3 Å². The van der Waals surface area contributed by atoms with E-state index in [1.54, 1.807) is 28.7 Å². The molecule has 1 saturated carbocycles. The molecule has 3 aromatic rings. The quantitative estimate of drug-likeness (QED) is 0.352. The van der Waals surface area contributed by atoms with Crippen molar-refractivity contribution in [2.45, 2.75) is 61.9 Å².